The summed E-state index contributed by atoms with van der Waals surface area (Å²) in [7, 11) is 0. The highest BCUT2D eigenvalue weighted by Crippen LogP contribution is 2.39. The van der Waals surface area contributed by atoms with E-state index < -0.39 is 0 Å². The minimum atomic E-state index is 0.622. The standard InChI is InChI=1S/C21H24Cl2N2O2S/c22-16-4-1-5-17(23)21(16)28-15-3-8-24-9-11-25(12-10-24)18-6-2-7-19-20(18)27-14-13-26-19/h1-2,4-7H,3,8-15H2. The van der Waals surface area contributed by atoms with Crippen molar-refractivity contribution in [3.8, 4) is 11.5 Å². The first-order valence-electron chi connectivity index (χ1n) is 9.65. The molecule has 7 heteroatoms. The van der Waals surface area contributed by atoms with Gasteiger partial charge in [0.15, 0.2) is 11.5 Å². The first kappa shape index (κ1) is 20.0. The number of hydrogen-bond acceptors (Lipinski definition) is 5. The fourth-order valence-corrected chi connectivity index (χ4v) is 5.22. The molecule has 2 heterocycles. The van der Waals surface area contributed by atoms with Crippen molar-refractivity contribution in [3.63, 3.8) is 0 Å². The van der Waals surface area contributed by atoms with Crippen LogP contribution in [0.4, 0.5) is 5.69 Å². The molecule has 0 atom stereocenters. The number of thioether (sulfide) groups is 1. The number of hydrogen-bond donors (Lipinski definition) is 0. The van der Waals surface area contributed by atoms with Crippen LogP contribution >= 0.6 is 35.0 Å². The van der Waals surface area contributed by atoms with E-state index in [1.54, 1.807) is 11.8 Å². The minimum absolute atomic E-state index is 0.622. The van der Waals surface area contributed by atoms with Crippen LogP contribution in [0.15, 0.2) is 41.3 Å². The number of anilines is 1. The zero-order valence-corrected chi connectivity index (χ0v) is 18.0. The molecule has 4 nitrogen and oxygen atoms in total. The van der Waals surface area contributed by atoms with Gasteiger partial charge < -0.3 is 14.4 Å². The molecule has 0 aromatic heterocycles. The first-order chi connectivity index (χ1) is 13.7. The van der Waals surface area contributed by atoms with Gasteiger partial charge in [0.2, 0.25) is 0 Å². The van der Waals surface area contributed by atoms with Gasteiger partial charge in [0.05, 0.1) is 15.7 Å². The summed E-state index contributed by atoms with van der Waals surface area (Å²) in [6.45, 7) is 6.46. The average Bonchev–Trinajstić information content (AvgIpc) is 2.73. The highest BCUT2D eigenvalue weighted by Gasteiger charge is 2.23. The Bertz CT molecular complexity index is 793. The van der Waals surface area contributed by atoms with Crippen LogP contribution in [0.5, 0.6) is 11.5 Å². The third-order valence-electron chi connectivity index (χ3n) is 5.04. The number of fused-ring (bicyclic) bond motifs is 1. The van der Waals surface area contributed by atoms with E-state index >= 15 is 0 Å². The Kier molecular flexibility index (Phi) is 6.78. The molecular weight excluding hydrogens is 415 g/mol. The fourth-order valence-electron chi connectivity index (χ4n) is 3.60. The molecule has 1 fully saturated rings. The molecule has 4 rings (SSSR count). The summed E-state index contributed by atoms with van der Waals surface area (Å²) in [5.41, 5.74) is 1.15. The predicted molar refractivity (Wildman–Crippen MR) is 118 cm³/mol. The van der Waals surface area contributed by atoms with Gasteiger partial charge in [0.1, 0.15) is 13.2 Å². The Morgan fingerprint density at radius 3 is 2.39 bits per heavy atom. The molecule has 150 valence electrons. The molecule has 0 bridgehead atoms. The molecule has 0 radical (unpaired) electrons. The van der Waals surface area contributed by atoms with Gasteiger partial charge in [0.25, 0.3) is 0 Å². The van der Waals surface area contributed by atoms with Crippen molar-refractivity contribution in [1.29, 1.82) is 0 Å². The number of rotatable bonds is 6. The van der Waals surface area contributed by atoms with Crippen molar-refractivity contribution in [1.82, 2.24) is 4.90 Å². The van der Waals surface area contributed by atoms with E-state index in [0.717, 1.165) is 77.0 Å². The second-order valence-corrected chi connectivity index (χ2v) is 8.80. The van der Waals surface area contributed by atoms with E-state index in [4.69, 9.17) is 32.7 Å². The molecule has 0 unspecified atom stereocenters. The van der Waals surface area contributed by atoms with Crippen LogP contribution in [0.25, 0.3) is 0 Å². The van der Waals surface area contributed by atoms with E-state index in [1.165, 1.54) is 0 Å². The molecule has 2 aromatic carbocycles. The monoisotopic (exact) mass is 438 g/mol. The number of para-hydroxylation sites is 1. The zero-order chi connectivity index (χ0) is 19.3. The number of nitrogens with zero attached hydrogens (tertiary/aromatic N) is 2. The summed E-state index contributed by atoms with van der Waals surface area (Å²) >= 11 is 14.2. The van der Waals surface area contributed by atoms with Gasteiger partial charge in [-0.25, -0.2) is 0 Å². The summed E-state index contributed by atoms with van der Waals surface area (Å²) in [4.78, 5) is 5.92. The Morgan fingerprint density at radius 1 is 0.893 bits per heavy atom. The number of piperazine rings is 1. The van der Waals surface area contributed by atoms with Crippen molar-refractivity contribution in [3.05, 3.63) is 46.4 Å². The lowest BCUT2D eigenvalue weighted by Gasteiger charge is -2.37. The lowest BCUT2D eigenvalue weighted by molar-refractivity contribution is 0.171. The first-order valence-corrected chi connectivity index (χ1v) is 11.4. The largest absolute Gasteiger partial charge is 0.486 e. The van der Waals surface area contributed by atoms with Gasteiger partial charge >= 0.3 is 0 Å². The van der Waals surface area contributed by atoms with Gasteiger partial charge in [-0.2, -0.15) is 0 Å². The predicted octanol–water partition coefficient (Wildman–Crippen LogP) is 5.07. The number of ether oxygens (including phenoxy) is 2. The third kappa shape index (κ3) is 4.65. The van der Waals surface area contributed by atoms with Crippen molar-refractivity contribution in [2.45, 2.75) is 11.3 Å². The SMILES string of the molecule is Clc1cccc(Cl)c1SCCCN1CCN(c2cccc3c2OCCO3)CC1. The molecule has 1 saturated heterocycles. The van der Waals surface area contributed by atoms with Gasteiger partial charge in [-0.1, -0.05) is 35.3 Å². The maximum absolute atomic E-state index is 6.24. The van der Waals surface area contributed by atoms with Gasteiger partial charge in [-0.05, 0) is 43.0 Å². The van der Waals surface area contributed by atoms with Gasteiger partial charge in [-0.3, -0.25) is 4.90 Å². The average molecular weight is 439 g/mol. The Balaban J connectivity index is 1.24. The quantitative estimate of drug-likeness (QED) is 0.463. The van der Waals surface area contributed by atoms with Crippen molar-refractivity contribution >= 4 is 40.7 Å². The van der Waals surface area contributed by atoms with Crippen LogP contribution in [-0.2, 0) is 0 Å². The van der Waals surface area contributed by atoms with Crippen molar-refractivity contribution in [2.75, 3.05) is 56.6 Å². The van der Waals surface area contributed by atoms with E-state index in [2.05, 4.69) is 15.9 Å². The second kappa shape index (κ2) is 9.49. The summed E-state index contributed by atoms with van der Waals surface area (Å²) in [5.74, 6) is 2.78. The van der Waals surface area contributed by atoms with Crippen molar-refractivity contribution in [2.24, 2.45) is 0 Å². The van der Waals surface area contributed by atoms with Crippen LogP contribution in [-0.4, -0.2) is 56.6 Å². The van der Waals surface area contributed by atoms with Crippen molar-refractivity contribution < 1.29 is 9.47 Å². The zero-order valence-electron chi connectivity index (χ0n) is 15.7. The molecule has 28 heavy (non-hydrogen) atoms. The van der Waals surface area contributed by atoms with E-state index in [1.807, 2.05) is 30.3 Å². The van der Waals surface area contributed by atoms with Crippen LogP contribution in [0.1, 0.15) is 6.42 Å². The lowest BCUT2D eigenvalue weighted by atomic mass is 10.2. The molecule has 0 amide bonds. The van der Waals surface area contributed by atoms with Crippen LogP contribution in [0.2, 0.25) is 10.0 Å². The molecular formula is C21H24Cl2N2O2S. The highest BCUT2D eigenvalue weighted by molar-refractivity contribution is 7.99. The summed E-state index contributed by atoms with van der Waals surface area (Å²) in [6.07, 6.45) is 1.11. The fraction of sp³-hybridized carbons (Fsp3) is 0.429. The Hall–Kier alpha value is -1.27. The number of benzene rings is 2. The smallest absolute Gasteiger partial charge is 0.184 e. The Labute approximate surface area is 180 Å². The lowest BCUT2D eigenvalue weighted by Crippen LogP contribution is -2.46. The molecule has 2 aliphatic heterocycles. The second-order valence-electron chi connectivity index (χ2n) is 6.88. The van der Waals surface area contributed by atoms with E-state index in [-0.39, 0.29) is 0 Å². The van der Waals surface area contributed by atoms with Gasteiger partial charge in [0, 0.05) is 31.1 Å². The maximum Gasteiger partial charge on any atom is 0.184 e. The molecule has 0 saturated carbocycles. The minimum Gasteiger partial charge on any atom is -0.486 e. The van der Waals surface area contributed by atoms with Crippen LogP contribution < -0.4 is 14.4 Å². The summed E-state index contributed by atoms with van der Waals surface area (Å²) in [6, 6.07) is 11.8. The molecule has 2 aliphatic rings. The summed E-state index contributed by atoms with van der Waals surface area (Å²) < 4.78 is 11.6. The topological polar surface area (TPSA) is 24.9 Å². The highest BCUT2D eigenvalue weighted by atomic mass is 35.5. The molecule has 0 N–H and O–H groups in total. The summed E-state index contributed by atoms with van der Waals surface area (Å²) in [5, 5.41) is 1.48. The van der Waals surface area contributed by atoms with E-state index in [0.29, 0.717) is 13.2 Å². The Morgan fingerprint density at radius 2 is 1.61 bits per heavy atom. The van der Waals surface area contributed by atoms with Crippen LogP contribution in [0.3, 0.4) is 0 Å². The van der Waals surface area contributed by atoms with Crippen LogP contribution in [0, 0.1) is 0 Å². The third-order valence-corrected chi connectivity index (χ3v) is 7.12. The molecule has 0 aliphatic carbocycles. The molecule has 2 aromatic rings. The molecule has 0 spiro atoms. The number of halogens is 2. The normalized spacial score (nSPS) is 17.0. The maximum atomic E-state index is 6.24. The van der Waals surface area contributed by atoms with E-state index in [9.17, 15) is 0 Å². The van der Waals surface area contributed by atoms with Gasteiger partial charge in [-0.15, -0.1) is 11.8 Å².